The largest absolute Gasteiger partial charge is 0.382 e. The molecular weight excluding hydrogens is 284 g/mol. The van der Waals surface area contributed by atoms with Gasteiger partial charge in [0.25, 0.3) is 0 Å². The molecule has 0 aromatic heterocycles. The lowest BCUT2D eigenvalue weighted by molar-refractivity contribution is 0.186. The van der Waals surface area contributed by atoms with E-state index >= 15 is 0 Å². The molecule has 0 radical (unpaired) electrons. The van der Waals surface area contributed by atoms with Crippen molar-refractivity contribution in [3.8, 4) is 0 Å². The Morgan fingerprint density at radius 2 is 1.90 bits per heavy atom. The summed E-state index contributed by atoms with van der Waals surface area (Å²) in [4.78, 5) is 0. The van der Waals surface area contributed by atoms with Gasteiger partial charge in [-0.1, -0.05) is 41.9 Å². The summed E-state index contributed by atoms with van der Waals surface area (Å²) in [6.45, 7) is 0.331. The van der Waals surface area contributed by atoms with Crippen molar-refractivity contribution in [2.75, 3.05) is 19.0 Å². The molecule has 2 aromatic carbocycles. The fraction of sp³-hybridized carbons (Fsp3) is 0.200. The van der Waals surface area contributed by atoms with Crippen LogP contribution in [-0.4, -0.2) is 13.7 Å². The number of rotatable bonds is 5. The smallest absolute Gasteiger partial charge is 0.150 e. The Morgan fingerprint density at radius 3 is 2.50 bits per heavy atom. The van der Waals surface area contributed by atoms with Crippen molar-refractivity contribution >= 4 is 17.3 Å². The molecule has 1 N–H and O–H groups in total. The van der Waals surface area contributed by atoms with E-state index in [1.807, 2.05) is 30.3 Å². The van der Waals surface area contributed by atoms with Gasteiger partial charge < -0.3 is 10.1 Å². The first kappa shape index (κ1) is 14.8. The molecule has 0 aliphatic rings. The van der Waals surface area contributed by atoms with Crippen molar-refractivity contribution in [3.05, 3.63) is 64.7 Å². The SMILES string of the molecule is COCC(Nc1c(F)cc(F)cc1Cl)c1ccccc1. The Morgan fingerprint density at radius 1 is 1.20 bits per heavy atom. The highest BCUT2D eigenvalue weighted by Crippen LogP contribution is 2.30. The van der Waals surface area contributed by atoms with Crippen molar-refractivity contribution in [1.82, 2.24) is 0 Å². The molecule has 2 aromatic rings. The Kier molecular flexibility index (Phi) is 4.93. The normalized spacial score (nSPS) is 12.2. The van der Waals surface area contributed by atoms with E-state index in [2.05, 4.69) is 5.32 Å². The Hall–Kier alpha value is -1.65. The Labute approximate surface area is 121 Å². The summed E-state index contributed by atoms with van der Waals surface area (Å²) in [5.74, 6) is -1.44. The quantitative estimate of drug-likeness (QED) is 0.882. The molecule has 1 atom stereocenters. The minimum absolute atomic E-state index is 0.000431. The molecule has 0 amide bonds. The average Bonchev–Trinajstić information content (AvgIpc) is 2.42. The lowest BCUT2D eigenvalue weighted by Gasteiger charge is -2.20. The van der Waals surface area contributed by atoms with Crippen LogP contribution < -0.4 is 5.32 Å². The fourth-order valence-corrected chi connectivity index (χ4v) is 2.18. The molecule has 0 saturated carbocycles. The lowest BCUT2D eigenvalue weighted by atomic mass is 10.1. The van der Waals surface area contributed by atoms with Crippen LogP contribution in [0.25, 0.3) is 0 Å². The third-order valence-corrected chi connectivity index (χ3v) is 3.16. The number of methoxy groups -OCH3 is 1. The molecule has 0 heterocycles. The average molecular weight is 298 g/mol. The van der Waals surface area contributed by atoms with Crippen molar-refractivity contribution in [2.24, 2.45) is 0 Å². The molecule has 0 aliphatic heterocycles. The highest BCUT2D eigenvalue weighted by Gasteiger charge is 2.16. The van der Waals surface area contributed by atoms with Gasteiger partial charge in [-0.05, 0) is 11.6 Å². The van der Waals surface area contributed by atoms with E-state index in [0.29, 0.717) is 6.61 Å². The first-order valence-electron chi connectivity index (χ1n) is 6.06. The number of benzene rings is 2. The van der Waals surface area contributed by atoms with Crippen LogP contribution in [0.5, 0.6) is 0 Å². The number of hydrogen-bond acceptors (Lipinski definition) is 2. The summed E-state index contributed by atoms with van der Waals surface area (Å²) in [6.07, 6.45) is 0. The number of hydrogen-bond donors (Lipinski definition) is 1. The second-order valence-electron chi connectivity index (χ2n) is 4.31. The van der Waals surface area contributed by atoms with Crippen LogP contribution >= 0.6 is 11.6 Å². The minimum atomic E-state index is -0.730. The molecule has 0 spiro atoms. The van der Waals surface area contributed by atoms with Crippen LogP contribution in [0.3, 0.4) is 0 Å². The zero-order valence-electron chi connectivity index (χ0n) is 10.9. The molecule has 5 heteroatoms. The molecule has 0 bridgehead atoms. The molecule has 0 aliphatic carbocycles. The Bertz CT molecular complexity index is 554. The zero-order chi connectivity index (χ0) is 14.5. The van der Waals surface area contributed by atoms with E-state index in [4.69, 9.17) is 16.3 Å². The van der Waals surface area contributed by atoms with Crippen LogP contribution in [0.2, 0.25) is 5.02 Å². The molecule has 1 unspecified atom stereocenters. The van der Waals surface area contributed by atoms with Crippen LogP contribution in [0.1, 0.15) is 11.6 Å². The van der Waals surface area contributed by atoms with Gasteiger partial charge >= 0.3 is 0 Å². The standard InChI is InChI=1S/C15H14ClF2NO/c1-20-9-14(10-5-3-2-4-6-10)19-15-12(16)7-11(17)8-13(15)18/h2-8,14,19H,9H2,1H3. The van der Waals surface area contributed by atoms with Gasteiger partial charge in [-0.25, -0.2) is 8.78 Å². The van der Waals surface area contributed by atoms with Gasteiger partial charge in [0.2, 0.25) is 0 Å². The monoisotopic (exact) mass is 297 g/mol. The van der Waals surface area contributed by atoms with Crippen LogP contribution in [0.15, 0.2) is 42.5 Å². The van der Waals surface area contributed by atoms with Crippen molar-refractivity contribution in [2.45, 2.75) is 6.04 Å². The van der Waals surface area contributed by atoms with E-state index in [9.17, 15) is 8.78 Å². The number of nitrogens with one attached hydrogen (secondary N) is 1. The molecular formula is C15H14ClF2NO. The maximum absolute atomic E-state index is 13.8. The highest BCUT2D eigenvalue weighted by molar-refractivity contribution is 6.33. The van der Waals surface area contributed by atoms with Gasteiger partial charge in [0.05, 0.1) is 23.4 Å². The lowest BCUT2D eigenvalue weighted by Crippen LogP contribution is -2.17. The Balaban J connectivity index is 2.30. The predicted molar refractivity (Wildman–Crippen MR) is 76.0 cm³/mol. The summed E-state index contributed by atoms with van der Waals surface area (Å²) in [5.41, 5.74) is 0.994. The third-order valence-electron chi connectivity index (χ3n) is 2.86. The van der Waals surface area contributed by atoms with Gasteiger partial charge in [-0.3, -0.25) is 0 Å². The molecule has 106 valence electrons. The fourth-order valence-electron chi connectivity index (χ4n) is 1.93. The van der Waals surface area contributed by atoms with Gasteiger partial charge in [0.15, 0.2) is 5.82 Å². The van der Waals surface area contributed by atoms with Gasteiger partial charge in [-0.15, -0.1) is 0 Å². The highest BCUT2D eigenvalue weighted by atomic mass is 35.5. The molecule has 0 fully saturated rings. The number of ether oxygens (including phenoxy) is 1. The van der Waals surface area contributed by atoms with E-state index < -0.39 is 11.6 Å². The zero-order valence-corrected chi connectivity index (χ0v) is 11.6. The van der Waals surface area contributed by atoms with Crippen molar-refractivity contribution < 1.29 is 13.5 Å². The molecule has 2 nitrogen and oxygen atoms in total. The number of halogens is 3. The molecule has 0 saturated heterocycles. The van der Waals surface area contributed by atoms with E-state index in [0.717, 1.165) is 17.7 Å². The summed E-state index contributed by atoms with van der Waals surface area (Å²) in [6, 6.07) is 11.0. The van der Waals surface area contributed by atoms with Gasteiger partial charge in [0, 0.05) is 13.2 Å². The third kappa shape index (κ3) is 3.46. The van der Waals surface area contributed by atoms with E-state index in [-0.39, 0.29) is 16.8 Å². The summed E-state index contributed by atoms with van der Waals surface area (Å²) >= 11 is 5.88. The molecule has 2 rings (SSSR count). The van der Waals surface area contributed by atoms with Crippen molar-refractivity contribution in [3.63, 3.8) is 0 Å². The van der Waals surface area contributed by atoms with Crippen LogP contribution in [-0.2, 0) is 4.74 Å². The van der Waals surface area contributed by atoms with Crippen LogP contribution in [0, 0.1) is 11.6 Å². The van der Waals surface area contributed by atoms with E-state index in [1.54, 1.807) is 7.11 Å². The van der Waals surface area contributed by atoms with Crippen molar-refractivity contribution in [1.29, 1.82) is 0 Å². The maximum atomic E-state index is 13.8. The van der Waals surface area contributed by atoms with Crippen LogP contribution in [0.4, 0.5) is 14.5 Å². The van der Waals surface area contributed by atoms with Gasteiger partial charge in [0.1, 0.15) is 5.82 Å². The summed E-state index contributed by atoms with van der Waals surface area (Å²) in [7, 11) is 1.56. The summed E-state index contributed by atoms with van der Waals surface area (Å²) < 4.78 is 32.0. The number of anilines is 1. The second-order valence-corrected chi connectivity index (χ2v) is 4.71. The topological polar surface area (TPSA) is 21.3 Å². The first-order chi connectivity index (χ1) is 9.61. The second kappa shape index (κ2) is 6.68. The van der Waals surface area contributed by atoms with Gasteiger partial charge in [-0.2, -0.15) is 0 Å². The molecule has 20 heavy (non-hydrogen) atoms. The minimum Gasteiger partial charge on any atom is -0.382 e. The summed E-state index contributed by atoms with van der Waals surface area (Å²) in [5, 5.41) is 2.96. The predicted octanol–water partition coefficient (Wildman–Crippen LogP) is 4.42. The van der Waals surface area contributed by atoms with E-state index in [1.165, 1.54) is 0 Å². The maximum Gasteiger partial charge on any atom is 0.150 e. The first-order valence-corrected chi connectivity index (χ1v) is 6.44.